The van der Waals surface area contributed by atoms with Crippen molar-refractivity contribution in [3.05, 3.63) is 33.9 Å². The maximum Gasteiger partial charge on any atom is 0.108 e. The molecular weight excluding hydrogens is 211 g/mol. The number of hydrogen-bond donors (Lipinski definition) is 0. The van der Waals surface area contributed by atoms with Gasteiger partial charge >= 0.3 is 0 Å². The third kappa shape index (κ3) is 1.71. The topological polar surface area (TPSA) is 0 Å². The maximum absolute atomic E-state index is 13.7. The molecule has 0 amide bonds. The van der Waals surface area contributed by atoms with Gasteiger partial charge in [0.1, 0.15) is 6.17 Å². The van der Waals surface area contributed by atoms with Crippen molar-refractivity contribution < 1.29 is 4.39 Å². The molecule has 0 saturated heterocycles. The molecule has 0 aromatic heterocycles. The van der Waals surface area contributed by atoms with Crippen molar-refractivity contribution in [2.45, 2.75) is 64.5 Å². The summed E-state index contributed by atoms with van der Waals surface area (Å²) >= 11 is 0. The van der Waals surface area contributed by atoms with Gasteiger partial charge in [0.15, 0.2) is 0 Å². The number of fused-ring (bicyclic) bond motifs is 2. The Morgan fingerprint density at radius 2 is 1.82 bits per heavy atom. The minimum absolute atomic E-state index is 0.157. The Labute approximate surface area is 103 Å². The summed E-state index contributed by atoms with van der Waals surface area (Å²) in [4.78, 5) is 0. The zero-order valence-corrected chi connectivity index (χ0v) is 11.1. The first-order chi connectivity index (χ1) is 7.97. The van der Waals surface area contributed by atoms with Crippen molar-refractivity contribution in [3.63, 3.8) is 0 Å². The van der Waals surface area contributed by atoms with E-state index in [0.717, 1.165) is 0 Å². The Bertz CT molecular complexity index is 465. The fourth-order valence-corrected chi connectivity index (χ4v) is 3.70. The van der Waals surface area contributed by atoms with Crippen LogP contribution in [0.4, 0.5) is 4.39 Å². The predicted octanol–water partition coefficient (Wildman–Crippen LogP) is 3.91. The highest BCUT2D eigenvalue weighted by atomic mass is 19.1. The molecule has 0 aliphatic heterocycles. The molecule has 1 aromatic rings. The molecular formula is C16H21F. The fraction of sp³-hybridized carbons (Fsp3) is 0.625. The molecule has 0 spiro atoms. The van der Waals surface area contributed by atoms with Crippen LogP contribution in [-0.4, -0.2) is 6.17 Å². The van der Waals surface area contributed by atoms with E-state index < -0.39 is 6.17 Å². The van der Waals surface area contributed by atoms with E-state index in [9.17, 15) is 4.39 Å². The maximum atomic E-state index is 13.7. The lowest BCUT2D eigenvalue weighted by atomic mass is 9.78. The van der Waals surface area contributed by atoms with Gasteiger partial charge in [0, 0.05) is 12.8 Å². The number of hydrogen-bond acceptors (Lipinski definition) is 0. The molecule has 1 aromatic carbocycles. The third-order valence-electron chi connectivity index (χ3n) is 4.22. The van der Waals surface area contributed by atoms with Crippen LogP contribution < -0.4 is 0 Å². The molecule has 2 aliphatic carbocycles. The van der Waals surface area contributed by atoms with E-state index in [0.29, 0.717) is 12.8 Å². The van der Waals surface area contributed by atoms with Crippen molar-refractivity contribution in [1.29, 1.82) is 0 Å². The van der Waals surface area contributed by atoms with Crippen molar-refractivity contribution >= 4 is 0 Å². The van der Waals surface area contributed by atoms with Gasteiger partial charge in [-0.3, -0.25) is 0 Å². The van der Waals surface area contributed by atoms with Crippen molar-refractivity contribution in [2.24, 2.45) is 0 Å². The summed E-state index contributed by atoms with van der Waals surface area (Å²) in [5.74, 6) is 0. The minimum atomic E-state index is -0.645. The summed E-state index contributed by atoms with van der Waals surface area (Å²) < 4.78 is 13.7. The van der Waals surface area contributed by atoms with Gasteiger partial charge in [-0.2, -0.15) is 0 Å². The van der Waals surface area contributed by atoms with E-state index in [1.165, 1.54) is 41.5 Å². The molecule has 0 radical (unpaired) electrons. The van der Waals surface area contributed by atoms with Crippen LogP contribution in [0.5, 0.6) is 0 Å². The van der Waals surface area contributed by atoms with E-state index in [1.807, 2.05) is 0 Å². The first-order valence-electron chi connectivity index (χ1n) is 6.78. The zero-order valence-electron chi connectivity index (χ0n) is 11.1. The van der Waals surface area contributed by atoms with Crippen molar-refractivity contribution in [2.75, 3.05) is 0 Å². The minimum Gasteiger partial charge on any atom is -0.247 e. The number of aryl methyl sites for hydroxylation is 1. The van der Waals surface area contributed by atoms with E-state index in [-0.39, 0.29) is 5.41 Å². The molecule has 1 atom stereocenters. The Morgan fingerprint density at radius 1 is 1.06 bits per heavy atom. The molecule has 0 bridgehead atoms. The molecule has 0 nitrogen and oxygen atoms in total. The molecule has 0 fully saturated rings. The molecule has 0 heterocycles. The van der Waals surface area contributed by atoms with Gasteiger partial charge in [-0.05, 0) is 52.5 Å². The summed E-state index contributed by atoms with van der Waals surface area (Å²) in [5, 5.41) is 0. The number of benzene rings is 1. The summed E-state index contributed by atoms with van der Waals surface area (Å²) in [5.41, 5.74) is 7.31. The second-order valence-corrected chi connectivity index (χ2v) is 6.64. The Hall–Kier alpha value is -0.850. The second-order valence-electron chi connectivity index (χ2n) is 6.64. The van der Waals surface area contributed by atoms with Gasteiger partial charge in [-0.15, -0.1) is 0 Å². The molecule has 0 unspecified atom stereocenters. The lowest BCUT2D eigenvalue weighted by Crippen LogP contribution is -2.18. The molecule has 3 rings (SSSR count). The predicted molar refractivity (Wildman–Crippen MR) is 69.5 cm³/mol. The van der Waals surface area contributed by atoms with Gasteiger partial charge < -0.3 is 0 Å². The summed E-state index contributed by atoms with van der Waals surface area (Å²) in [7, 11) is 0. The van der Waals surface area contributed by atoms with Crippen LogP contribution in [-0.2, 0) is 31.1 Å². The molecule has 17 heavy (non-hydrogen) atoms. The van der Waals surface area contributed by atoms with E-state index in [4.69, 9.17) is 0 Å². The van der Waals surface area contributed by atoms with E-state index in [1.54, 1.807) is 5.56 Å². The molecule has 0 saturated carbocycles. The molecule has 0 N–H and O–H groups in total. The van der Waals surface area contributed by atoms with Gasteiger partial charge in [0.2, 0.25) is 0 Å². The highest BCUT2D eigenvalue weighted by molar-refractivity contribution is 5.53. The van der Waals surface area contributed by atoms with Crippen molar-refractivity contribution in [3.8, 4) is 0 Å². The van der Waals surface area contributed by atoms with Crippen LogP contribution >= 0.6 is 0 Å². The quantitative estimate of drug-likeness (QED) is 0.636. The standard InChI is InChI=1S/C16H21F/c1-16(2,3)15-13-6-4-5-10(13)7-11-8-12(17)9-14(11)15/h7,12H,4-6,8-9H2,1-3H3/t12-/m1/s1. The SMILES string of the molecule is CC(C)(C)c1c2c(cc3c1C[C@H](F)C3)CCC2. The van der Waals surface area contributed by atoms with Crippen LogP contribution in [0.15, 0.2) is 6.07 Å². The number of halogens is 1. The molecule has 92 valence electrons. The third-order valence-corrected chi connectivity index (χ3v) is 4.22. The Kier molecular flexibility index (Phi) is 2.36. The van der Waals surface area contributed by atoms with E-state index >= 15 is 0 Å². The first kappa shape index (κ1) is 11.3. The monoisotopic (exact) mass is 232 g/mol. The summed E-state index contributed by atoms with van der Waals surface area (Å²) in [6, 6.07) is 2.30. The van der Waals surface area contributed by atoms with Crippen LogP contribution in [0.1, 0.15) is 55.0 Å². The van der Waals surface area contributed by atoms with Gasteiger partial charge in [0.25, 0.3) is 0 Å². The lowest BCUT2D eigenvalue weighted by Gasteiger charge is -2.26. The first-order valence-corrected chi connectivity index (χ1v) is 6.78. The highest BCUT2D eigenvalue weighted by Crippen LogP contribution is 2.41. The molecule has 1 heteroatoms. The fourth-order valence-electron chi connectivity index (χ4n) is 3.70. The van der Waals surface area contributed by atoms with E-state index in [2.05, 4.69) is 26.8 Å². The van der Waals surface area contributed by atoms with Gasteiger partial charge in [-0.1, -0.05) is 26.8 Å². The Morgan fingerprint density at radius 3 is 2.53 bits per heavy atom. The van der Waals surface area contributed by atoms with Crippen molar-refractivity contribution in [1.82, 2.24) is 0 Å². The largest absolute Gasteiger partial charge is 0.247 e. The molecule has 2 aliphatic rings. The number of rotatable bonds is 0. The Balaban J connectivity index is 2.25. The number of alkyl halides is 1. The van der Waals surface area contributed by atoms with Crippen LogP contribution in [0.25, 0.3) is 0 Å². The average molecular weight is 232 g/mol. The highest BCUT2D eigenvalue weighted by Gasteiger charge is 2.32. The summed E-state index contributed by atoms with van der Waals surface area (Å²) in [6.07, 6.45) is 4.32. The van der Waals surface area contributed by atoms with Crippen LogP contribution in [0.3, 0.4) is 0 Å². The lowest BCUT2D eigenvalue weighted by molar-refractivity contribution is 0.348. The summed E-state index contributed by atoms with van der Waals surface area (Å²) in [6.45, 7) is 6.81. The smallest absolute Gasteiger partial charge is 0.108 e. The average Bonchev–Trinajstić information content (AvgIpc) is 2.75. The van der Waals surface area contributed by atoms with Gasteiger partial charge in [0.05, 0.1) is 0 Å². The normalized spacial score (nSPS) is 22.7. The van der Waals surface area contributed by atoms with Crippen LogP contribution in [0.2, 0.25) is 0 Å². The van der Waals surface area contributed by atoms with Crippen LogP contribution in [0, 0.1) is 0 Å². The zero-order chi connectivity index (χ0) is 12.2. The second kappa shape index (κ2) is 3.57. The van der Waals surface area contributed by atoms with Gasteiger partial charge in [-0.25, -0.2) is 4.39 Å².